The topological polar surface area (TPSA) is 76.7 Å². The van der Waals surface area contributed by atoms with Crippen molar-refractivity contribution in [1.82, 2.24) is 10.9 Å². The molecular weight excluding hydrogens is 376 g/mol. The summed E-state index contributed by atoms with van der Waals surface area (Å²) in [5, 5.41) is 0.234. The first kappa shape index (κ1) is 19.9. The van der Waals surface area contributed by atoms with Gasteiger partial charge in [-0.05, 0) is 31.2 Å². The van der Waals surface area contributed by atoms with Crippen LogP contribution >= 0.6 is 23.4 Å². The van der Waals surface area contributed by atoms with Crippen LogP contribution < -0.4 is 20.3 Å². The number of hydrogen-bond acceptors (Lipinski definition) is 5. The SMILES string of the molecule is COc1cc(C(=O)NNC(=O)CSc2ccc(C)cc2)cc(Cl)c1OC. The number of ether oxygens (including phenoxy) is 2. The van der Waals surface area contributed by atoms with Crippen molar-refractivity contribution >= 4 is 35.2 Å². The molecule has 0 fully saturated rings. The number of thioether (sulfide) groups is 1. The summed E-state index contributed by atoms with van der Waals surface area (Å²) in [5.74, 6) is 0.00318. The van der Waals surface area contributed by atoms with Crippen LogP contribution in [0.5, 0.6) is 11.5 Å². The fourth-order valence-electron chi connectivity index (χ4n) is 2.07. The van der Waals surface area contributed by atoms with E-state index in [2.05, 4.69) is 10.9 Å². The number of benzene rings is 2. The van der Waals surface area contributed by atoms with E-state index in [-0.39, 0.29) is 22.2 Å². The minimum absolute atomic E-state index is 0.177. The molecule has 0 radical (unpaired) electrons. The Kier molecular flexibility index (Phi) is 7.17. The summed E-state index contributed by atoms with van der Waals surface area (Å²) in [5.41, 5.74) is 6.11. The summed E-state index contributed by atoms with van der Waals surface area (Å²) in [6, 6.07) is 10.7. The van der Waals surface area contributed by atoms with Crippen LogP contribution in [0.2, 0.25) is 5.02 Å². The summed E-state index contributed by atoms with van der Waals surface area (Å²) >= 11 is 7.45. The van der Waals surface area contributed by atoms with Crippen LogP contribution in [-0.4, -0.2) is 31.8 Å². The highest BCUT2D eigenvalue weighted by molar-refractivity contribution is 8.00. The lowest BCUT2D eigenvalue weighted by Gasteiger charge is -2.12. The van der Waals surface area contributed by atoms with Crippen molar-refractivity contribution in [3.8, 4) is 11.5 Å². The molecule has 6 nitrogen and oxygen atoms in total. The Labute approximate surface area is 161 Å². The fraction of sp³-hybridized carbons (Fsp3) is 0.222. The van der Waals surface area contributed by atoms with Gasteiger partial charge in [0.1, 0.15) is 0 Å². The van der Waals surface area contributed by atoms with E-state index in [0.29, 0.717) is 11.5 Å². The fourth-order valence-corrected chi connectivity index (χ4v) is 3.05. The number of amides is 2. The smallest absolute Gasteiger partial charge is 0.269 e. The van der Waals surface area contributed by atoms with E-state index in [1.54, 1.807) is 0 Å². The first-order valence-electron chi connectivity index (χ1n) is 7.64. The zero-order valence-electron chi connectivity index (χ0n) is 14.6. The lowest BCUT2D eigenvalue weighted by Crippen LogP contribution is -2.42. The largest absolute Gasteiger partial charge is 0.493 e. The number of aryl methyl sites for hydroxylation is 1. The van der Waals surface area contributed by atoms with Crippen molar-refractivity contribution in [2.75, 3.05) is 20.0 Å². The van der Waals surface area contributed by atoms with Gasteiger partial charge in [-0.1, -0.05) is 29.3 Å². The van der Waals surface area contributed by atoms with Gasteiger partial charge >= 0.3 is 0 Å². The van der Waals surface area contributed by atoms with Crippen LogP contribution in [0.25, 0.3) is 0 Å². The van der Waals surface area contributed by atoms with Crippen LogP contribution in [0.4, 0.5) is 0 Å². The average molecular weight is 395 g/mol. The van der Waals surface area contributed by atoms with Crippen LogP contribution in [0.3, 0.4) is 0 Å². The zero-order valence-corrected chi connectivity index (χ0v) is 16.2. The maximum Gasteiger partial charge on any atom is 0.269 e. The van der Waals surface area contributed by atoms with E-state index in [0.717, 1.165) is 10.5 Å². The molecular formula is C18H19ClN2O4S. The Morgan fingerprint density at radius 2 is 1.77 bits per heavy atom. The summed E-state index contributed by atoms with van der Waals surface area (Å²) < 4.78 is 10.3. The van der Waals surface area contributed by atoms with Gasteiger partial charge in [0.15, 0.2) is 11.5 Å². The number of nitrogens with one attached hydrogen (secondary N) is 2. The van der Waals surface area contributed by atoms with Gasteiger partial charge in [-0.3, -0.25) is 20.4 Å². The predicted molar refractivity (Wildman–Crippen MR) is 102 cm³/mol. The second-order valence-corrected chi connectivity index (χ2v) is 6.75. The van der Waals surface area contributed by atoms with Crippen LogP contribution in [-0.2, 0) is 4.79 Å². The van der Waals surface area contributed by atoms with Gasteiger partial charge in [0.2, 0.25) is 5.91 Å². The van der Waals surface area contributed by atoms with Crippen molar-refractivity contribution in [2.45, 2.75) is 11.8 Å². The number of methoxy groups -OCH3 is 2. The summed E-state index contributed by atoms with van der Waals surface area (Å²) in [4.78, 5) is 25.1. The molecule has 0 bridgehead atoms. The molecule has 0 spiro atoms. The van der Waals surface area contributed by atoms with E-state index in [4.69, 9.17) is 21.1 Å². The highest BCUT2D eigenvalue weighted by Gasteiger charge is 2.15. The zero-order chi connectivity index (χ0) is 19.1. The molecule has 2 aromatic rings. The third kappa shape index (κ3) is 5.31. The van der Waals surface area contributed by atoms with Crippen LogP contribution in [0.15, 0.2) is 41.3 Å². The Balaban J connectivity index is 1.90. The second-order valence-electron chi connectivity index (χ2n) is 5.30. The maximum atomic E-state index is 12.2. The van der Waals surface area contributed by atoms with E-state index in [1.165, 1.54) is 38.1 Å². The number of hydrazine groups is 1. The average Bonchev–Trinajstić information content (AvgIpc) is 2.64. The molecule has 0 aliphatic rings. The minimum Gasteiger partial charge on any atom is -0.493 e. The molecule has 2 rings (SSSR count). The maximum absolute atomic E-state index is 12.2. The molecule has 0 aliphatic carbocycles. The Morgan fingerprint density at radius 1 is 1.08 bits per heavy atom. The highest BCUT2D eigenvalue weighted by atomic mass is 35.5. The number of carbonyl (C=O) groups is 2. The molecule has 138 valence electrons. The molecule has 0 saturated heterocycles. The minimum atomic E-state index is -0.512. The molecule has 0 atom stereocenters. The molecule has 2 aromatic carbocycles. The highest BCUT2D eigenvalue weighted by Crippen LogP contribution is 2.35. The van der Waals surface area contributed by atoms with Gasteiger partial charge in [0.25, 0.3) is 5.91 Å². The molecule has 0 aliphatic heterocycles. The van der Waals surface area contributed by atoms with Gasteiger partial charge in [0.05, 0.1) is 25.0 Å². The molecule has 2 amide bonds. The van der Waals surface area contributed by atoms with Crippen molar-refractivity contribution in [3.05, 3.63) is 52.5 Å². The number of carbonyl (C=O) groups excluding carboxylic acids is 2. The van der Waals surface area contributed by atoms with E-state index in [9.17, 15) is 9.59 Å². The van der Waals surface area contributed by atoms with E-state index >= 15 is 0 Å². The first-order chi connectivity index (χ1) is 12.4. The van der Waals surface area contributed by atoms with Crippen molar-refractivity contribution in [2.24, 2.45) is 0 Å². The van der Waals surface area contributed by atoms with E-state index in [1.807, 2.05) is 31.2 Å². The second kappa shape index (κ2) is 9.35. The lowest BCUT2D eigenvalue weighted by atomic mass is 10.2. The Hall–Kier alpha value is -2.38. The molecule has 0 saturated carbocycles. The number of rotatable bonds is 6. The number of hydrogen-bond donors (Lipinski definition) is 2. The van der Waals surface area contributed by atoms with Crippen LogP contribution in [0.1, 0.15) is 15.9 Å². The van der Waals surface area contributed by atoms with Crippen molar-refractivity contribution < 1.29 is 19.1 Å². The van der Waals surface area contributed by atoms with Crippen molar-refractivity contribution in [1.29, 1.82) is 0 Å². The molecule has 2 N–H and O–H groups in total. The van der Waals surface area contributed by atoms with Gasteiger partial charge < -0.3 is 9.47 Å². The molecule has 0 unspecified atom stereocenters. The van der Waals surface area contributed by atoms with E-state index < -0.39 is 5.91 Å². The van der Waals surface area contributed by atoms with Crippen LogP contribution in [0, 0.1) is 6.92 Å². The van der Waals surface area contributed by atoms with Gasteiger partial charge in [-0.15, -0.1) is 11.8 Å². The summed E-state index contributed by atoms with van der Waals surface area (Å²) in [6.07, 6.45) is 0. The van der Waals surface area contributed by atoms with Gasteiger partial charge in [-0.2, -0.15) is 0 Å². The third-order valence-electron chi connectivity index (χ3n) is 3.40. The van der Waals surface area contributed by atoms with Gasteiger partial charge in [-0.25, -0.2) is 0 Å². The van der Waals surface area contributed by atoms with Gasteiger partial charge in [0, 0.05) is 10.5 Å². The third-order valence-corrected chi connectivity index (χ3v) is 4.69. The summed E-state index contributed by atoms with van der Waals surface area (Å²) in [7, 11) is 2.90. The molecule has 0 heterocycles. The van der Waals surface area contributed by atoms with Crippen molar-refractivity contribution in [3.63, 3.8) is 0 Å². The molecule has 0 aromatic heterocycles. The predicted octanol–water partition coefficient (Wildman–Crippen LogP) is 3.22. The normalized spacial score (nSPS) is 10.2. The number of halogens is 1. The monoisotopic (exact) mass is 394 g/mol. The first-order valence-corrected chi connectivity index (χ1v) is 9.01. The standard InChI is InChI=1S/C18H19ClN2O4S/c1-11-4-6-13(7-5-11)26-10-16(22)20-21-18(23)12-8-14(19)17(25-3)15(9-12)24-2/h4-9H,10H2,1-3H3,(H,20,22)(H,21,23). The summed E-state index contributed by atoms with van der Waals surface area (Å²) in [6.45, 7) is 2.00. The molecule has 26 heavy (non-hydrogen) atoms. The quantitative estimate of drug-likeness (QED) is 0.581. The lowest BCUT2D eigenvalue weighted by molar-refractivity contribution is -0.119. The Bertz CT molecular complexity index is 797. The molecule has 8 heteroatoms. The Morgan fingerprint density at radius 3 is 2.38 bits per heavy atom.